The third kappa shape index (κ3) is 2.55. The molecule has 21 heavy (non-hydrogen) atoms. The number of carbonyl (C=O) groups is 2. The van der Waals surface area contributed by atoms with E-state index in [0.29, 0.717) is 0 Å². The quantitative estimate of drug-likeness (QED) is 0.894. The van der Waals surface area contributed by atoms with E-state index in [0.717, 1.165) is 36.9 Å². The van der Waals surface area contributed by atoms with Crippen molar-refractivity contribution in [3.05, 3.63) is 29.8 Å². The number of anilines is 1. The van der Waals surface area contributed by atoms with E-state index in [1.807, 2.05) is 24.3 Å². The summed E-state index contributed by atoms with van der Waals surface area (Å²) < 4.78 is 0. The average Bonchev–Trinajstić information content (AvgIpc) is 3.07. The Bertz CT molecular complexity index is 569. The normalized spacial score (nSPS) is 30.3. The number of carbonyl (C=O) groups excluding carboxylic acids is 1. The molecule has 2 aliphatic carbocycles. The predicted octanol–water partition coefficient (Wildman–Crippen LogP) is 2.93. The second-order valence-electron chi connectivity index (χ2n) is 6.27. The topological polar surface area (TPSA) is 66.4 Å². The summed E-state index contributed by atoms with van der Waals surface area (Å²) in [7, 11) is 0. The van der Waals surface area contributed by atoms with Gasteiger partial charge in [-0.1, -0.05) is 19.1 Å². The van der Waals surface area contributed by atoms with Crippen LogP contribution in [-0.4, -0.2) is 17.0 Å². The fraction of sp³-hybridized carbons (Fsp3) is 0.529. The Labute approximate surface area is 124 Å². The zero-order valence-corrected chi connectivity index (χ0v) is 12.2. The summed E-state index contributed by atoms with van der Waals surface area (Å²) in [6.45, 7) is 2.07. The molecular formula is C17H21NO3. The number of carboxylic acid groups (broad SMARTS) is 1. The van der Waals surface area contributed by atoms with Crippen molar-refractivity contribution in [2.45, 2.75) is 32.6 Å². The minimum absolute atomic E-state index is 0.122. The minimum Gasteiger partial charge on any atom is -0.481 e. The fourth-order valence-corrected chi connectivity index (χ4v) is 4.12. The highest BCUT2D eigenvalue weighted by Gasteiger charge is 2.53. The number of hydrogen-bond acceptors (Lipinski definition) is 2. The molecule has 0 radical (unpaired) electrons. The van der Waals surface area contributed by atoms with Gasteiger partial charge in [0.2, 0.25) is 5.91 Å². The summed E-state index contributed by atoms with van der Waals surface area (Å²) in [4.78, 5) is 24.0. The van der Waals surface area contributed by atoms with Crippen LogP contribution in [0, 0.1) is 23.7 Å². The lowest BCUT2D eigenvalue weighted by Gasteiger charge is -2.27. The van der Waals surface area contributed by atoms with Gasteiger partial charge in [-0.15, -0.1) is 0 Å². The maximum Gasteiger partial charge on any atom is 0.307 e. The Balaban J connectivity index is 1.76. The first kappa shape index (κ1) is 14.1. The van der Waals surface area contributed by atoms with E-state index in [2.05, 4.69) is 12.2 Å². The molecule has 1 aromatic rings. The predicted molar refractivity (Wildman–Crippen MR) is 79.9 cm³/mol. The molecule has 0 aromatic heterocycles. The van der Waals surface area contributed by atoms with Crippen molar-refractivity contribution in [1.29, 1.82) is 0 Å². The Morgan fingerprint density at radius 3 is 2.62 bits per heavy atom. The van der Waals surface area contributed by atoms with Gasteiger partial charge in [0.15, 0.2) is 0 Å². The molecule has 2 N–H and O–H groups in total. The Morgan fingerprint density at radius 2 is 1.95 bits per heavy atom. The molecule has 2 fully saturated rings. The van der Waals surface area contributed by atoms with E-state index in [4.69, 9.17) is 0 Å². The molecule has 2 bridgehead atoms. The molecule has 0 spiro atoms. The van der Waals surface area contributed by atoms with Crippen LogP contribution in [0.4, 0.5) is 5.69 Å². The summed E-state index contributed by atoms with van der Waals surface area (Å²) >= 11 is 0. The zero-order chi connectivity index (χ0) is 15.0. The van der Waals surface area contributed by atoms with E-state index in [-0.39, 0.29) is 23.7 Å². The van der Waals surface area contributed by atoms with Gasteiger partial charge >= 0.3 is 5.97 Å². The molecule has 1 aromatic carbocycles. The van der Waals surface area contributed by atoms with Crippen molar-refractivity contribution in [3.63, 3.8) is 0 Å². The van der Waals surface area contributed by atoms with Gasteiger partial charge in [-0.05, 0) is 55.2 Å². The molecular weight excluding hydrogens is 266 g/mol. The van der Waals surface area contributed by atoms with Crippen LogP contribution >= 0.6 is 0 Å². The first-order valence-corrected chi connectivity index (χ1v) is 7.72. The Morgan fingerprint density at radius 1 is 1.24 bits per heavy atom. The highest BCUT2D eigenvalue weighted by molar-refractivity contribution is 5.96. The van der Waals surface area contributed by atoms with Crippen molar-refractivity contribution in [2.24, 2.45) is 23.7 Å². The number of hydrogen-bond donors (Lipinski definition) is 2. The van der Waals surface area contributed by atoms with E-state index in [9.17, 15) is 14.7 Å². The molecule has 0 saturated heterocycles. The SMILES string of the molecule is CCc1cccc(NC(=O)[C@@H]2[C@H]3CC[C@@H](C3)[C@H]2C(=O)O)c1. The van der Waals surface area contributed by atoms with Gasteiger partial charge in [-0.2, -0.15) is 0 Å². The van der Waals surface area contributed by atoms with Crippen LogP contribution in [0.1, 0.15) is 31.7 Å². The molecule has 1 amide bonds. The van der Waals surface area contributed by atoms with E-state index < -0.39 is 11.9 Å². The average molecular weight is 287 g/mol. The first-order valence-electron chi connectivity index (χ1n) is 7.72. The van der Waals surface area contributed by atoms with Crippen molar-refractivity contribution in [3.8, 4) is 0 Å². The summed E-state index contributed by atoms with van der Waals surface area (Å²) in [5.74, 6) is -1.38. The van der Waals surface area contributed by atoms with Crippen LogP contribution in [0.25, 0.3) is 0 Å². The number of benzene rings is 1. The van der Waals surface area contributed by atoms with Crippen LogP contribution in [0.15, 0.2) is 24.3 Å². The van der Waals surface area contributed by atoms with Crippen LogP contribution in [0.5, 0.6) is 0 Å². The maximum absolute atomic E-state index is 12.5. The van der Waals surface area contributed by atoms with E-state index >= 15 is 0 Å². The van der Waals surface area contributed by atoms with Crippen LogP contribution in [0.3, 0.4) is 0 Å². The lowest BCUT2D eigenvalue weighted by atomic mass is 9.78. The van der Waals surface area contributed by atoms with E-state index in [1.165, 1.54) is 0 Å². The van der Waals surface area contributed by atoms with Gasteiger partial charge in [-0.25, -0.2) is 0 Å². The van der Waals surface area contributed by atoms with Crippen molar-refractivity contribution < 1.29 is 14.7 Å². The number of nitrogens with one attached hydrogen (secondary N) is 1. The van der Waals surface area contributed by atoms with Crippen LogP contribution < -0.4 is 5.32 Å². The number of aryl methyl sites for hydroxylation is 1. The molecule has 0 unspecified atom stereocenters. The van der Waals surface area contributed by atoms with Crippen molar-refractivity contribution in [2.75, 3.05) is 5.32 Å². The molecule has 0 aliphatic heterocycles. The van der Waals surface area contributed by atoms with E-state index in [1.54, 1.807) is 0 Å². The standard InChI is InChI=1S/C17H21NO3/c1-2-10-4-3-5-13(8-10)18-16(19)14-11-6-7-12(9-11)15(14)17(20)21/h3-5,8,11-12,14-15H,2,6-7,9H2,1H3,(H,18,19)(H,20,21)/t11-,12-,14+,15+/m0/s1. The largest absolute Gasteiger partial charge is 0.481 e. The smallest absolute Gasteiger partial charge is 0.307 e. The van der Waals surface area contributed by atoms with Crippen LogP contribution in [0.2, 0.25) is 0 Å². The number of amides is 1. The molecule has 0 heterocycles. The first-order chi connectivity index (χ1) is 10.1. The van der Waals surface area contributed by atoms with Crippen molar-refractivity contribution >= 4 is 17.6 Å². The second-order valence-corrected chi connectivity index (χ2v) is 6.27. The van der Waals surface area contributed by atoms with Gasteiger partial charge < -0.3 is 10.4 Å². The monoisotopic (exact) mass is 287 g/mol. The van der Waals surface area contributed by atoms with Gasteiger partial charge in [0, 0.05) is 5.69 Å². The van der Waals surface area contributed by atoms with Gasteiger partial charge in [0.05, 0.1) is 11.8 Å². The minimum atomic E-state index is -0.815. The maximum atomic E-state index is 12.5. The second kappa shape index (κ2) is 5.51. The molecule has 4 atom stereocenters. The summed E-state index contributed by atoms with van der Waals surface area (Å²) in [6.07, 6.45) is 3.75. The molecule has 4 nitrogen and oxygen atoms in total. The lowest BCUT2D eigenvalue weighted by Crippen LogP contribution is -2.37. The zero-order valence-electron chi connectivity index (χ0n) is 12.2. The molecule has 112 valence electrons. The fourth-order valence-electron chi connectivity index (χ4n) is 4.12. The van der Waals surface area contributed by atoms with Crippen molar-refractivity contribution in [1.82, 2.24) is 0 Å². The Kier molecular flexibility index (Phi) is 3.70. The van der Waals surface area contributed by atoms with Crippen LogP contribution in [-0.2, 0) is 16.0 Å². The lowest BCUT2D eigenvalue weighted by molar-refractivity contribution is -0.148. The number of fused-ring (bicyclic) bond motifs is 2. The highest BCUT2D eigenvalue weighted by Crippen LogP contribution is 2.52. The summed E-state index contributed by atoms with van der Waals surface area (Å²) in [5, 5.41) is 12.3. The molecule has 2 saturated carbocycles. The molecule has 2 aliphatic rings. The number of aliphatic carboxylic acids is 1. The Hall–Kier alpha value is -1.84. The summed E-state index contributed by atoms with van der Waals surface area (Å²) in [6, 6.07) is 7.76. The number of carboxylic acids is 1. The summed E-state index contributed by atoms with van der Waals surface area (Å²) in [5.41, 5.74) is 1.93. The molecule has 4 heteroatoms. The third-order valence-electron chi connectivity index (χ3n) is 5.11. The highest BCUT2D eigenvalue weighted by atomic mass is 16.4. The number of rotatable bonds is 4. The van der Waals surface area contributed by atoms with Gasteiger partial charge in [0.1, 0.15) is 0 Å². The molecule has 3 rings (SSSR count). The van der Waals surface area contributed by atoms with Gasteiger partial charge in [0.25, 0.3) is 0 Å². The third-order valence-corrected chi connectivity index (χ3v) is 5.11. The van der Waals surface area contributed by atoms with Gasteiger partial charge in [-0.3, -0.25) is 9.59 Å².